The van der Waals surface area contributed by atoms with Gasteiger partial charge < -0.3 is 5.32 Å². The van der Waals surface area contributed by atoms with Crippen molar-refractivity contribution in [3.8, 4) is 0 Å². The molecule has 8 heteroatoms. The number of nitrogens with zero attached hydrogens (tertiary/aromatic N) is 4. The summed E-state index contributed by atoms with van der Waals surface area (Å²) < 4.78 is 0. The van der Waals surface area contributed by atoms with E-state index in [0.29, 0.717) is 12.4 Å². The van der Waals surface area contributed by atoms with Gasteiger partial charge in [0.1, 0.15) is 0 Å². The molecule has 2 aromatic heterocycles. The highest BCUT2D eigenvalue weighted by molar-refractivity contribution is 7.07. The maximum absolute atomic E-state index is 11.7. The van der Waals surface area contributed by atoms with Crippen LogP contribution in [0.4, 0.5) is 0 Å². The summed E-state index contributed by atoms with van der Waals surface area (Å²) in [7, 11) is 0. The molecule has 2 heterocycles. The minimum Gasteiger partial charge on any atom is -0.352 e. The lowest BCUT2D eigenvalue weighted by atomic mass is 10.1. The van der Waals surface area contributed by atoms with Crippen LogP contribution in [-0.4, -0.2) is 38.1 Å². The zero-order valence-electron chi connectivity index (χ0n) is 10.0. The van der Waals surface area contributed by atoms with Crippen molar-refractivity contribution in [2.45, 2.75) is 18.3 Å². The molecule has 2 aromatic rings. The van der Waals surface area contributed by atoms with Gasteiger partial charge in [-0.25, -0.2) is 4.98 Å². The first-order chi connectivity index (χ1) is 9.28. The Morgan fingerprint density at radius 3 is 3.11 bits per heavy atom. The molecule has 1 saturated carbocycles. The first-order valence-electron chi connectivity index (χ1n) is 5.87. The molecule has 0 saturated heterocycles. The van der Waals surface area contributed by atoms with Gasteiger partial charge in [-0.3, -0.25) is 4.79 Å². The smallest absolute Gasteiger partial charge is 0.244 e. The summed E-state index contributed by atoms with van der Waals surface area (Å²) in [6.45, 7) is 0.534. The number of nitrogens with one attached hydrogen (secondary N) is 2. The molecule has 0 bridgehead atoms. The maximum atomic E-state index is 11.7. The Kier molecular flexibility index (Phi) is 3.08. The molecule has 19 heavy (non-hydrogen) atoms. The Hall–Kier alpha value is -2.09. The van der Waals surface area contributed by atoms with E-state index in [1.54, 1.807) is 11.6 Å². The van der Waals surface area contributed by atoms with Crippen molar-refractivity contribution in [1.29, 1.82) is 0 Å². The average Bonchev–Trinajstić information content (AvgIpc) is 2.90. The van der Waals surface area contributed by atoms with E-state index in [2.05, 4.69) is 30.9 Å². The van der Waals surface area contributed by atoms with E-state index in [1.807, 2.05) is 5.38 Å². The fraction of sp³-hybridized carbons (Fsp3) is 0.364. The van der Waals surface area contributed by atoms with E-state index in [1.165, 1.54) is 17.4 Å². The molecule has 7 nitrogen and oxygen atoms in total. The number of hydrogen-bond acceptors (Lipinski definition) is 6. The molecule has 1 fully saturated rings. The number of rotatable bonds is 5. The molecule has 0 aliphatic heterocycles. The van der Waals surface area contributed by atoms with E-state index < -0.39 is 0 Å². The van der Waals surface area contributed by atoms with Crippen molar-refractivity contribution in [3.05, 3.63) is 28.5 Å². The van der Waals surface area contributed by atoms with E-state index in [9.17, 15) is 4.79 Å². The van der Waals surface area contributed by atoms with E-state index in [0.717, 1.165) is 18.5 Å². The Morgan fingerprint density at radius 2 is 2.47 bits per heavy atom. The number of aromatic nitrogens is 5. The summed E-state index contributed by atoms with van der Waals surface area (Å²) in [5.41, 5.74) is 2.39. The molecule has 2 N–H and O–H groups in total. The topological polar surface area (TPSA) is 96.5 Å². The summed E-state index contributed by atoms with van der Waals surface area (Å²) in [5, 5.41) is 18.7. The van der Waals surface area contributed by atoms with Crippen molar-refractivity contribution in [1.82, 2.24) is 30.9 Å². The van der Waals surface area contributed by atoms with Gasteiger partial charge in [-0.2, -0.15) is 5.21 Å². The van der Waals surface area contributed by atoms with Gasteiger partial charge in [0.2, 0.25) is 5.91 Å². The van der Waals surface area contributed by atoms with Crippen molar-refractivity contribution < 1.29 is 4.79 Å². The molecule has 1 amide bonds. The molecule has 0 atom stereocenters. The fourth-order valence-corrected chi connectivity index (χ4v) is 2.32. The monoisotopic (exact) mass is 276 g/mol. The highest BCUT2D eigenvalue weighted by Crippen LogP contribution is 2.45. The Morgan fingerprint density at radius 1 is 1.58 bits per heavy atom. The molecule has 3 rings (SSSR count). The molecular weight excluding hydrogens is 264 g/mol. The predicted octanol–water partition coefficient (Wildman–Crippen LogP) is 0.517. The fourth-order valence-electron chi connectivity index (χ4n) is 1.80. The van der Waals surface area contributed by atoms with Crippen LogP contribution in [0.3, 0.4) is 0 Å². The van der Waals surface area contributed by atoms with Gasteiger partial charge >= 0.3 is 0 Å². The third-order valence-corrected chi connectivity index (χ3v) is 3.74. The number of amides is 1. The van der Waals surface area contributed by atoms with Crippen LogP contribution in [0.15, 0.2) is 17.0 Å². The van der Waals surface area contributed by atoms with Crippen LogP contribution in [0.25, 0.3) is 6.08 Å². The van der Waals surface area contributed by atoms with Crippen LogP contribution >= 0.6 is 11.3 Å². The SMILES string of the molecule is O=C(/C=C/c1cscn1)NCC1(c2nn[nH]n2)CC1. The molecular formula is C11H12N6OS. The molecule has 0 unspecified atom stereocenters. The van der Waals surface area contributed by atoms with Crippen LogP contribution in [0.5, 0.6) is 0 Å². The zero-order chi connectivity index (χ0) is 13.1. The lowest BCUT2D eigenvalue weighted by Gasteiger charge is -2.10. The van der Waals surface area contributed by atoms with Crippen molar-refractivity contribution in [2.75, 3.05) is 6.54 Å². The quantitative estimate of drug-likeness (QED) is 0.776. The van der Waals surface area contributed by atoms with E-state index in [-0.39, 0.29) is 11.3 Å². The number of carbonyl (C=O) groups excluding carboxylic acids is 1. The molecule has 1 aliphatic rings. The van der Waals surface area contributed by atoms with Crippen molar-refractivity contribution >= 4 is 23.3 Å². The lowest BCUT2D eigenvalue weighted by Crippen LogP contribution is -2.31. The summed E-state index contributed by atoms with van der Waals surface area (Å²) in [5.74, 6) is 0.541. The number of hydrogen-bond donors (Lipinski definition) is 2. The molecule has 0 radical (unpaired) electrons. The third kappa shape index (κ3) is 2.68. The van der Waals surface area contributed by atoms with Gasteiger partial charge in [0.25, 0.3) is 0 Å². The highest BCUT2D eigenvalue weighted by atomic mass is 32.1. The van der Waals surface area contributed by atoms with Crippen LogP contribution in [0.2, 0.25) is 0 Å². The van der Waals surface area contributed by atoms with E-state index >= 15 is 0 Å². The van der Waals surface area contributed by atoms with E-state index in [4.69, 9.17) is 0 Å². The van der Waals surface area contributed by atoms with Gasteiger partial charge in [-0.1, -0.05) is 5.21 Å². The second-order valence-corrected chi connectivity index (χ2v) is 5.20. The van der Waals surface area contributed by atoms with Crippen LogP contribution in [-0.2, 0) is 10.2 Å². The summed E-state index contributed by atoms with van der Waals surface area (Å²) in [6, 6.07) is 0. The third-order valence-electron chi connectivity index (χ3n) is 3.13. The average molecular weight is 276 g/mol. The number of aromatic amines is 1. The Bertz CT molecular complexity index is 572. The zero-order valence-corrected chi connectivity index (χ0v) is 10.9. The largest absolute Gasteiger partial charge is 0.352 e. The summed E-state index contributed by atoms with van der Waals surface area (Å²) in [4.78, 5) is 15.8. The standard InChI is InChI=1S/C11H12N6OS/c18-9(2-1-8-5-19-7-13-8)12-6-11(3-4-11)10-14-16-17-15-10/h1-2,5,7H,3-4,6H2,(H,12,18)(H,14,15,16,17)/b2-1+. The normalized spacial score (nSPS) is 16.6. The van der Waals surface area contributed by atoms with Gasteiger partial charge in [0.15, 0.2) is 5.82 Å². The minimum absolute atomic E-state index is 0.128. The van der Waals surface area contributed by atoms with Gasteiger partial charge in [-0.05, 0) is 18.9 Å². The first kappa shape index (κ1) is 12.0. The number of tetrazole rings is 1. The summed E-state index contributed by atoms with van der Waals surface area (Å²) >= 11 is 1.50. The molecule has 1 aliphatic carbocycles. The Labute approximate surface area is 113 Å². The first-order valence-corrected chi connectivity index (χ1v) is 6.81. The van der Waals surface area contributed by atoms with Gasteiger partial charge in [0, 0.05) is 18.0 Å². The molecule has 0 spiro atoms. The second kappa shape index (κ2) is 4.88. The second-order valence-electron chi connectivity index (χ2n) is 4.48. The highest BCUT2D eigenvalue weighted by Gasteiger charge is 2.48. The Balaban J connectivity index is 1.54. The number of H-pyrrole nitrogens is 1. The van der Waals surface area contributed by atoms with Crippen molar-refractivity contribution in [2.24, 2.45) is 0 Å². The predicted molar refractivity (Wildman–Crippen MR) is 69.2 cm³/mol. The van der Waals surface area contributed by atoms with Crippen LogP contribution in [0.1, 0.15) is 24.4 Å². The van der Waals surface area contributed by atoms with Crippen LogP contribution < -0.4 is 5.32 Å². The lowest BCUT2D eigenvalue weighted by molar-refractivity contribution is -0.116. The molecule has 98 valence electrons. The van der Waals surface area contributed by atoms with Gasteiger partial charge in [0.05, 0.1) is 16.6 Å². The minimum atomic E-state index is -0.136. The summed E-state index contributed by atoms with van der Waals surface area (Å²) in [6.07, 6.45) is 5.13. The molecule has 0 aromatic carbocycles. The van der Waals surface area contributed by atoms with Gasteiger partial charge in [-0.15, -0.1) is 21.5 Å². The number of carbonyl (C=O) groups is 1. The number of thiazole rings is 1. The van der Waals surface area contributed by atoms with Crippen LogP contribution in [0, 0.1) is 0 Å². The maximum Gasteiger partial charge on any atom is 0.244 e. The van der Waals surface area contributed by atoms with Crippen molar-refractivity contribution in [3.63, 3.8) is 0 Å².